The third-order valence-electron chi connectivity index (χ3n) is 3.38. The molecule has 1 aromatic carbocycles. The van der Waals surface area contributed by atoms with Crippen LogP contribution in [0.15, 0.2) is 18.2 Å². The molecule has 1 aromatic rings. The monoisotopic (exact) mass is 249 g/mol. The molecule has 98 valence electrons. The normalized spacial score (nSPS) is 19.6. The lowest BCUT2D eigenvalue weighted by atomic mass is 10.1. The van der Waals surface area contributed by atoms with Crippen LogP contribution in [0, 0.1) is 0 Å². The Morgan fingerprint density at radius 3 is 2.78 bits per heavy atom. The zero-order chi connectivity index (χ0) is 12.4. The van der Waals surface area contributed by atoms with Gasteiger partial charge in [0.15, 0.2) is 11.5 Å². The van der Waals surface area contributed by atoms with Crippen molar-refractivity contribution in [3.8, 4) is 11.5 Å². The summed E-state index contributed by atoms with van der Waals surface area (Å²) in [7, 11) is 0. The maximum atomic E-state index is 10.1. The number of ether oxygens (including phenoxy) is 2. The van der Waals surface area contributed by atoms with Gasteiger partial charge in [-0.05, 0) is 43.5 Å². The summed E-state index contributed by atoms with van der Waals surface area (Å²) in [4.78, 5) is 0. The first-order valence-corrected chi connectivity index (χ1v) is 6.64. The molecule has 1 atom stereocenters. The highest BCUT2D eigenvalue weighted by Gasteiger charge is 2.21. The van der Waals surface area contributed by atoms with Gasteiger partial charge in [0, 0.05) is 6.04 Å². The molecule has 0 bridgehead atoms. The fourth-order valence-electron chi connectivity index (χ4n) is 2.15. The van der Waals surface area contributed by atoms with Gasteiger partial charge in [-0.1, -0.05) is 6.07 Å². The van der Waals surface area contributed by atoms with Crippen LogP contribution in [0.3, 0.4) is 0 Å². The minimum absolute atomic E-state index is 0.438. The van der Waals surface area contributed by atoms with Crippen molar-refractivity contribution in [1.29, 1.82) is 0 Å². The summed E-state index contributed by atoms with van der Waals surface area (Å²) in [5, 5.41) is 13.5. The lowest BCUT2D eigenvalue weighted by Gasteiger charge is -2.20. The summed E-state index contributed by atoms with van der Waals surface area (Å²) < 4.78 is 11.0. The Kier molecular flexibility index (Phi) is 3.39. The third kappa shape index (κ3) is 2.76. The highest BCUT2D eigenvalue weighted by molar-refractivity contribution is 5.44. The summed E-state index contributed by atoms with van der Waals surface area (Å²) in [6, 6.07) is 6.37. The fraction of sp³-hybridized carbons (Fsp3) is 0.571. The number of aliphatic hydroxyl groups excluding tert-OH is 1. The molecule has 1 aliphatic heterocycles. The van der Waals surface area contributed by atoms with Crippen molar-refractivity contribution in [2.45, 2.75) is 31.4 Å². The van der Waals surface area contributed by atoms with Crippen LogP contribution < -0.4 is 14.8 Å². The van der Waals surface area contributed by atoms with Gasteiger partial charge in [-0.15, -0.1) is 0 Å². The van der Waals surface area contributed by atoms with Gasteiger partial charge >= 0.3 is 0 Å². The number of hydrogen-bond acceptors (Lipinski definition) is 4. The summed E-state index contributed by atoms with van der Waals surface area (Å²) >= 11 is 0. The smallest absolute Gasteiger partial charge is 0.161 e. The largest absolute Gasteiger partial charge is 0.486 e. The number of nitrogens with one attached hydrogen (secondary N) is 1. The van der Waals surface area contributed by atoms with E-state index in [1.807, 2.05) is 18.2 Å². The van der Waals surface area contributed by atoms with Crippen LogP contribution in [0.5, 0.6) is 11.5 Å². The molecule has 1 saturated carbocycles. The lowest BCUT2D eigenvalue weighted by Crippen LogP contribution is -2.20. The number of rotatable bonds is 5. The van der Waals surface area contributed by atoms with E-state index in [2.05, 4.69) is 5.32 Å². The van der Waals surface area contributed by atoms with E-state index in [4.69, 9.17) is 9.47 Å². The van der Waals surface area contributed by atoms with Crippen molar-refractivity contribution in [3.05, 3.63) is 23.8 Å². The molecule has 0 spiro atoms. The molecule has 1 aliphatic carbocycles. The van der Waals surface area contributed by atoms with Crippen molar-refractivity contribution in [3.63, 3.8) is 0 Å². The van der Waals surface area contributed by atoms with E-state index >= 15 is 0 Å². The molecular weight excluding hydrogens is 230 g/mol. The molecule has 1 fully saturated rings. The van der Waals surface area contributed by atoms with E-state index in [0.717, 1.165) is 30.0 Å². The molecule has 18 heavy (non-hydrogen) atoms. The third-order valence-corrected chi connectivity index (χ3v) is 3.38. The van der Waals surface area contributed by atoms with Gasteiger partial charge in [-0.25, -0.2) is 0 Å². The first-order valence-electron chi connectivity index (χ1n) is 6.64. The van der Waals surface area contributed by atoms with Gasteiger partial charge in [0.1, 0.15) is 13.2 Å². The van der Waals surface area contributed by atoms with E-state index in [9.17, 15) is 5.11 Å². The van der Waals surface area contributed by atoms with Crippen molar-refractivity contribution < 1.29 is 14.6 Å². The minimum Gasteiger partial charge on any atom is -0.486 e. The molecule has 0 radical (unpaired) electrons. The Morgan fingerprint density at radius 1 is 1.22 bits per heavy atom. The number of aliphatic hydroxyl groups is 1. The maximum absolute atomic E-state index is 10.1. The van der Waals surface area contributed by atoms with E-state index in [-0.39, 0.29) is 0 Å². The highest BCUT2D eigenvalue weighted by Crippen LogP contribution is 2.33. The van der Waals surface area contributed by atoms with E-state index in [1.54, 1.807) is 0 Å². The van der Waals surface area contributed by atoms with Crippen LogP contribution in [0.25, 0.3) is 0 Å². The second-order valence-electron chi connectivity index (χ2n) is 4.94. The number of hydrogen-bond donors (Lipinski definition) is 2. The van der Waals surface area contributed by atoms with Gasteiger partial charge in [0.25, 0.3) is 0 Å². The maximum Gasteiger partial charge on any atom is 0.161 e. The van der Waals surface area contributed by atoms with Crippen LogP contribution in [-0.2, 0) is 0 Å². The quantitative estimate of drug-likeness (QED) is 0.833. The summed E-state index contributed by atoms with van der Waals surface area (Å²) in [5.74, 6) is 1.52. The van der Waals surface area contributed by atoms with Crippen LogP contribution in [-0.4, -0.2) is 30.9 Å². The second-order valence-corrected chi connectivity index (χ2v) is 4.94. The molecule has 4 heteroatoms. The van der Waals surface area contributed by atoms with E-state index in [1.165, 1.54) is 12.8 Å². The predicted octanol–water partition coefficient (Wildman–Crippen LogP) is 1.63. The predicted molar refractivity (Wildman–Crippen MR) is 68.0 cm³/mol. The average Bonchev–Trinajstić information content (AvgIpc) is 3.22. The topological polar surface area (TPSA) is 50.7 Å². The molecular formula is C14H19NO3. The molecule has 1 unspecified atom stereocenters. The molecule has 2 aliphatic rings. The lowest BCUT2D eigenvalue weighted by molar-refractivity contribution is 0.159. The van der Waals surface area contributed by atoms with Gasteiger partial charge in [0.2, 0.25) is 0 Å². The zero-order valence-electron chi connectivity index (χ0n) is 10.4. The molecule has 1 heterocycles. The fourth-order valence-corrected chi connectivity index (χ4v) is 2.15. The Balaban J connectivity index is 1.59. The molecule has 3 rings (SSSR count). The Labute approximate surface area is 107 Å². The van der Waals surface area contributed by atoms with Gasteiger partial charge < -0.3 is 19.9 Å². The van der Waals surface area contributed by atoms with E-state index in [0.29, 0.717) is 19.3 Å². The van der Waals surface area contributed by atoms with Crippen LogP contribution >= 0.6 is 0 Å². The molecule has 4 nitrogen and oxygen atoms in total. The van der Waals surface area contributed by atoms with Crippen LogP contribution in [0.4, 0.5) is 0 Å². The summed E-state index contributed by atoms with van der Waals surface area (Å²) in [6.07, 6.45) is 2.85. The average molecular weight is 249 g/mol. The highest BCUT2D eigenvalue weighted by atomic mass is 16.6. The number of fused-ring (bicyclic) bond motifs is 1. The first-order chi connectivity index (χ1) is 8.83. The van der Waals surface area contributed by atoms with Crippen molar-refractivity contribution in [1.82, 2.24) is 5.32 Å². The van der Waals surface area contributed by atoms with Crippen molar-refractivity contribution >= 4 is 0 Å². The van der Waals surface area contributed by atoms with Crippen molar-refractivity contribution in [2.75, 3.05) is 19.8 Å². The SMILES string of the molecule is OC(CCNC1CC1)c1ccc2c(c1)OCCO2. The van der Waals surface area contributed by atoms with Crippen LogP contribution in [0.1, 0.15) is 30.9 Å². The second kappa shape index (κ2) is 5.16. The summed E-state index contributed by atoms with van der Waals surface area (Å²) in [6.45, 7) is 2.04. The standard InChI is InChI=1S/C14H19NO3/c16-12(5-6-15-11-2-3-11)10-1-4-13-14(9-10)18-8-7-17-13/h1,4,9,11-12,15-16H,2-3,5-8H2. The zero-order valence-corrected chi connectivity index (χ0v) is 10.4. The summed E-state index contributed by atoms with van der Waals surface area (Å²) in [5.41, 5.74) is 0.900. The molecule has 0 aromatic heterocycles. The Hall–Kier alpha value is -1.26. The minimum atomic E-state index is -0.438. The van der Waals surface area contributed by atoms with Crippen LogP contribution in [0.2, 0.25) is 0 Å². The van der Waals surface area contributed by atoms with Gasteiger partial charge in [-0.2, -0.15) is 0 Å². The molecule has 0 saturated heterocycles. The molecule has 0 amide bonds. The van der Waals surface area contributed by atoms with E-state index < -0.39 is 6.10 Å². The van der Waals surface area contributed by atoms with Crippen molar-refractivity contribution in [2.24, 2.45) is 0 Å². The Morgan fingerprint density at radius 2 is 2.00 bits per heavy atom. The number of benzene rings is 1. The van der Waals surface area contributed by atoms with Gasteiger partial charge in [0.05, 0.1) is 6.10 Å². The molecule has 2 N–H and O–H groups in total. The first kappa shape index (κ1) is 11.8. The Bertz CT molecular complexity index is 418. The van der Waals surface area contributed by atoms with Gasteiger partial charge in [-0.3, -0.25) is 0 Å².